The van der Waals surface area contributed by atoms with Gasteiger partial charge in [0.05, 0.1) is 12.2 Å². The van der Waals surface area contributed by atoms with Crippen LogP contribution >= 0.6 is 0 Å². The molecule has 0 spiro atoms. The first-order chi connectivity index (χ1) is 10.9. The largest absolute Gasteiger partial charge is 0.372 e. The van der Waals surface area contributed by atoms with E-state index in [0.717, 1.165) is 25.7 Å². The average Bonchev–Trinajstić information content (AvgIpc) is 2.51. The second-order valence-corrected chi connectivity index (χ2v) is 7.57. The van der Waals surface area contributed by atoms with Crippen molar-refractivity contribution in [3.63, 3.8) is 0 Å². The molecule has 1 N–H and O–H groups in total. The van der Waals surface area contributed by atoms with E-state index >= 15 is 0 Å². The third-order valence-corrected chi connectivity index (χ3v) is 4.94. The summed E-state index contributed by atoms with van der Waals surface area (Å²) in [5, 5.41) is 3.04. The van der Waals surface area contributed by atoms with Gasteiger partial charge < -0.3 is 15.0 Å². The maximum absolute atomic E-state index is 12.9. The lowest BCUT2D eigenvalue weighted by Gasteiger charge is -2.38. The highest BCUT2D eigenvalue weighted by molar-refractivity contribution is 5.88. The predicted octanol–water partition coefficient (Wildman–Crippen LogP) is 2.34. The van der Waals surface area contributed by atoms with Crippen molar-refractivity contribution in [3.05, 3.63) is 0 Å². The van der Waals surface area contributed by atoms with Gasteiger partial charge in [-0.05, 0) is 32.6 Å². The van der Waals surface area contributed by atoms with E-state index in [1.165, 1.54) is 6.42 Å². The first kappa shape index (κ1) is 18.2. The molecule has 23 heavy (non-hydrogen) atoms. The van der Waals surface area contributed by atoms with Crippen molar-refractivity contribution in [1.29, 1.82) is 0 Å². The van der Waals surface area contributed by atoms with Crippen molar-refractivity contribution >= 4 is 11.8 Å². The minimum absolute atomic E-state index is 0.0335. The monoisotopic (exact) mass is 324 g/mol. The minimum Gasteiger partial charge on any atom is -0.372 e. The van der Waals surface area contributed by atoms with E-state index in [1.54, 1.807) is 0 Å². The van der Waals surface area contributed by atoms with E-state index in [-0.39, 0.29) is 35.9 Å². The maximum atomic E-state index is 12.9. The fraction of sp³-hybridized carbons (Fsp3) is 0.889. The molecule has 3 atom stereocenters. The number of hydrogen-bond acceptors (Lipinski definition) is 3. The molecule has 0 aromatic carbocycles. The number of morpholine rings is 1. The molecule has 0 bridgehead atoms. The number of carbonyl (C=O) groups is 2. The Balaban J connectivity index is 1.99. The Morgan fingerprint density at radius 3 is 2.13 bits per heavy atom. The highest BCUT2D eigenvalue weighted by Crippen LogP contribution is 2.24. The molecule has 0 radical (unpaired) electrons. The Kier molecular flexibility index (Phi) is 6.45. The van der Waals surface area contributed by atoms with Gasteiger partial charge in [0.15, 0.2) is 0 Å². The van der Waals surface area contributed by atoms with Crippen LogP contribution in [0, 0.1) is 11.8 Å². The van der Waals surface area contributed by atoms with Gasteiger partial charge in [-0.3, -0.25) is 9.59 Å². The zero-order valence-electron chi connectivity index (χ0n) is 15.0. The third kappa shape index (κ3) is 4.93. The van der Waals surface area contributed by atoms with Crippen molar-refractivity contribution in [2.45, 2.75) is 78.0 Å². The Morgan fingerprint density at radius 1 is 1.04 bits per heavy atom. The van der Waals surface area contributed by atoms with Gasteiger partial charge in [-0.1, -0.05) is 33.1 Å². The molecule has 2 amide bonds. The standard InChI is InChI=1S/C18H32N2O3/c1-12(2)16(19-17(21)15-8-6-5-7-9-15)18(22)20-10-13(3)23-14(4)11-20/h12-16H,5-11H2,1-4H3,(H,19,21)/t13-,14+,16-/m1/s1. The summed E-state index contributed by atoms with van der Waals surface area (Å²) in [5.74, 6) is 0.265. The van der Waals surface area contributed by atoms with Crippen LogP contribution in [-0.2, 0) is 14.3 Å². The zero-order chi connectivity index (χ0) is 17.0. The molecule has 1 aliphatic carbocycles. The first-order valence-corrected chi connectivity index (χ1v) is 9.13. The summed E-state index contributed by atoms with van der Waals surface area (Å²) in [6, 6.07) is -0.429. The highest BCUT2D eigenvalue weighted by atomic mass is 16.5. The van der Waals surface area contributed by atoms with Gasteiger partial charge in [-0.15, -0.1) is 0 Å². The van der Waals surface area contributed by atoms with Crippen LogP contribution in [-0.4, -0.2) is 48.1 Å². The molecular weight excluding hydrogens is 292 g/mol. The second kappa shape index (κ2) is 8.13. The maximum Gasteiger partial charge on any atom is 0.245 e. The molecule has 0 unspecified atom stereocenters. The molecule has 1 saturated carbocycles. The lowest BCUT2D eigenvalue weighted by atomic mass is 9.88. The van der Waals surface area contributed by atoms with E-state index in [9.17, 15) is 9.59 Å². The lowest BCUT2D eigenvalue weighted by Crippen LogP contribution is -2.57. The quantitative estimate of drug-likeness (QED) is 0.863. The lowest BCUT2D eigenvalue weighted by molar-refractivity contribution is -0.148. The van der Waals surface area contributed by atoms with Gasteiger partial charge in [0.25, 0.3) is 0 Å². The number of nitrogens with zero attached hydrogens (tertiary/aromatic N) is 1. The molecule has 132 valence electrons. The van der Waals surface area contributed by atoms with Crippen LogP contribution in [0.2, 0.25) is 0 Å². The number of carbonyl (C=O) groups excluding carboxylic acids is 2. The molecule has 0 aromatic rings. The number of rotatable bonds is 4. The van der Waals surface area contributed by atoms with E-state index in [4.69, 9.17) is 4.74 Å². The number of ether oxygens (including phenoxy) is 1. The topological polar surface area (TPSA) is 58.6 Å². The van der Waals surface area contributed by atoms with Gasteiger partial charge in [-0.25, -0.2) is 0 Å². The van der Waals surface area contributed by atoms with Crippen LogP contribution in [0.3, 0.4) is 0 Å². The highest BCUT2D eigenvalue weighted by Gasteiger charge is 2.34. The summed E-state index contributed by atoms with van der Waals surface area (Å²) in [5.41, 5.74) is 0. The minimum atomic E-state index is -0.429. The van der Waals surface area contributed by atoms with Crippen LogP contribution in [0.25, 0.3) is 0 Å². The van der Waals surface area contributed by atoms with Crippen LogP contribution in [0.5, 0.6) is 0 Å². The van der Waals surface area contributed by atoms with Gasteiger partial charge in [0, 0.05) is 19.0 Å². The van der Waals surface area contributed by atoms with Gasteiger partial charge in [-0.2, -0.15) is 0 Å². The molecule has 2 aliphatic rings. The Hall–Kier alpha value is -1.10. The molecule has 2 fully saturated rings. The van der Waals surface area contributed by atoms with Crippen LogP contribution in [0.15, 0.2) is 0 Å². The van der Waals surface area contributed by atoms with Gasteiger partial charge in [0.1, 0.15) is 6.04 Å². The van der Waals surface area contributed by atoms with Gasteiger partial charge in [0.2, 0.25) is 11.8 Å². The average molecular weight is 324 g/mol. The van der Waals surface area contributed by atoms with Crippen molar-refractivity contribution in [1.82, 2.24) is 10.2 Å². The van der Waals surface area contributed by atoms with Crippen molar-refractivity contribution in [2.24, 2.45) is 11.8 Å². The van der Waals surface area contributed by atoms with E-state index in [2.05, 4.69) is 5.32 Å². The summed E-state index contributed by atoms with van der Waals surface area (Å²) in [6.45, 7) is 9.17. The third-order valence-electron chi connectivity index (χ3n) is 4.94. The van der Waals surface area contributed by atoms with Crippen LogP contribution in [0.1, 0.15) is 59.8 Å². The molecule has 5 heteroatoms. The van der Waals surface area contributed by atoms with Crippen molar-refractivity contribution in [2.75, 3.05) is 13.1 Å². The summed E-state index contributed by atoms with van der Waals surface area (Å²) < 4.78 is 5.70. The molecule has 2 rings (SSSR count). The summed E-state index contributed by atoms with van der Waals surface area (Å²) in [4.78, 5) is 27.3. The van der Waals surface area contributed by atoms with Crippen LogP contribution in [0.4, 0.5) is 0 Å². The summed E-state index contributed by atoms with van der Waals surface area (Å²) >= 11 is 0. The number of amides is 2. The normalized spacial score (nSPS) is 27.8. The Bertz CT molecular complexity index is 408. The van der Waals surface area contributed by atoms with Gasteiger partial charge >= 0.3 is 0 Å². The van der Waals surface area contributed by atoms with Crippen LogP contribution < -0.4 is 5.32 Å². The first-order valence-electron chi connectivity index (χ1n) is 9.13. The molecule has 5 nitrogen and oxygen atoms in total. The van der Waals surface area contributed by atoms with E-state index in [1.807, 2.05) is 32.6 Å². The summed E-state index contributed by atoms with van der Waals surface area (Å²) in [6.07, 6.45) is 5.47. The zero-order valence-corrected chi connectivity index (χ0v) is 15.0. The molecule has 1 heterocycles. The molecule has 0 aromatic heterocycles. The smallest absolute Gasteiger partial charge is 0.245 e. The second-order valence-electron chi connectivity index (χ2n) is 7.57. The molecule has 1 aliphatic heterocycles. The number of nitrogens with one attached hydrogen (secondary N) is 1. The molecular formula is C18H32N2O3. The SMILES string of the molecule is CC(C)[C@@H](NC(=O)C1CCCCC1)C(=O)N1C[C@@H](C)O[C@@H](C)C1. The summed E-state index contributed by atoms with van der Waals surface area (Å²) in [7, 11) is 0. The van der Waals surface area contributed by atoms with E-state index in [0.29, 0.717) is 13.1 Å². The fourth-order valence-electron chi connectivity index (χ4n) is 3.70. The Morgan fingerprint density at radius 2 is 1.61 bits per heavy atom. The Labute approximate surface area is 140 Å². The predicted molar refractivity (Wildman–Crippen MR) is 89.9 cm³/mol. The molecule has 1 saturated heterocycles. The number of hydrogen-bond donors (Lipinski definition) is 1. The fourth-order valence-corrected chi connectivity index (χ4v) is 3.70. The van der Waals surface area contributed by atoms with Crippen molar-refractivity contribution < 1.29 is 14.3 Å². The van der Waals surface area contributed by atoms with Crippen molar-refractivity contribution in [3.8, 4) is 0 Å². The van der Waals surface area contributed by atoms with E-state index < -0.39 is 6.04 Å².